The zero-order chi connectivity index (χ0) is 13.1. The molecule has 96 valence electrons. The van der Waals surface area contributed by atoms with Crippen molar-refractivity contribution in [3.05, 3.63) is 35.5 Å². The number of hydrazine groups is 1. The van der Waals surface area contributed by atoms with Crippen LogP contribution in [0.3, 0.4) is 0 Å². The van der Waals surface area contributed by atoms with Crippen molar-refractivity contribution in [3.8, 4) is 0 Å². The van der Waals surface area contributed by atoms with Gasteiger partial charge in [0.2, 0.25) is 0 Å². The first-order valence-corrected chi connectivity index (χ1v) is 5.73. The van der Waals surface area contributed by atoms with Gasteiger partial charge in [0, 0.05) is 5.56 Å². The topological polar surface area (TPSA) is 89.0 Å². The Morgan fingerprint density at radius 3 is 2.61 bits per heavy atom. The molecule has 0 radical (unpaired) electrons. The number of nitrogen functional groups attached to an aromatic ring is 1. The average molecular weight is 247 g/mol. The number of aromatic nitrogens is 2. The Morgan fingerprint density at radius 2 is 2.00 bits per heavy atom. The van der Waals surface area contributed by atoms with Gasteiger partial charge in [-0.1, -0.05) is 0 Å². The van der Waals surface area contributed by atoms with Crippen LogP contribution in [0.15, 0.2) is 22.8 Å². The zero-order valence-corrected chi connectivity index (χ0v) is 10.7. The van der Waals surface area contributed by atoms with Crippen LogP contribution in [0.2, 0.25) is 0 Å². The predicted molar refractivity (Wildman–Crippen MR) is 70.1 cm³/mol. The van der Waals surface area contributed by atoms with Crippen molar-refractivity contribution in [1.82, 2.24) is 9.97 Å². The lowest BCUT2D eigenvalue weighted by atomic mass is 10.2. The van der Waals surface area contributed by atoms with Gasteiger partial charge < -0.3 is 15.2 Å². The molecule has 0 spiro atoms. The van der Waals surface area contributed by atoms with Crippen molar-refractivity contribution in [2.75, 3.05) is 10.7 Å². The van der Waals surface area contributed by atoms with E-state index < -0.39 is 0 Å². The number of furan rings is 1. The van der Waals surface area contributed by atoms with Crippen LogP contribution in [-0.2, 0) is 0 Å². The number of aryl methyl sites for hydroxylation is 1. The smallest absolute Gasteiger partial charge is 0.148 e. The Kier molecular flexibility index (Phi) is 3.47. The zero-order valence-electron chi connectivity index (χ0n) is 10.7. The maximum absolute atomic E-state index is 5.43. The first-order valence-electron chi connectivity index (χ1n) is 5.73. The Bertz CT molecular complexity index is 524. The molecule has 0 aliphatic carbocycles. The summed E-state index contributed by atoms with van der Waals surface area (Å²) in [7, 11) is 0. The number of nitrogens with zero attached hydrogens (tertiary/aromatic N) is 2. The van der Waals surface area contributed by atoms with Crippen LogP contribution in [0, 0.1) is 13.8 Å². The fourth-order valence-electron chi connectivity index (χ4n) is 1.72. The molecule has 1 atom stereocenters. The second-order valence-corrected chi connectivity index (χ2v) is 4.12. The van der Waals surface area contributed by atoms with Gasteiger partial charge in [0.05, 0.1) is 12.3 Å². The number of nitrogens with one attached hydrogen (secondary N) is 2. The second-order valence-electron chi connectivity index (χ2n) is 4.12. The standard InChI is InChI=1S/C12H17N5O/c1-7-11(15-9(3)16-12(7)17-13)14-8(2)10-5-4-6-18-10/h4-6,8H,13H2,1-3H3,(H2,14,15,16,17). The fourth-order valence-corrected chi connectivity index (χ4v) is 1.72. The largest absolute Gasteiger partial charge is 0.467 e. The number of hydrogen-bond donors (Lipinski definition) is 3. The lowest BCUT2D eigenvalue weighted by molar-refractivity contribution is 0.490. The third-order valence-electron chi connectivity index (χ3n) is 2.72. The van der Waals surface area contributed by atoms with Gasteiger partial charge in [-0.25, -0.2) is 15.8 Å². The third-order valence-corrected chi connectivity index (χ3v) is 2.72. The molecule has 2 aromatic rings. The van der Waals surface area contributed by atoms with Gasteiger partial charge in [-0.15, -0.1) is 0 Å². The van der Waals surface area contributed by atoms with Gasteiger partial charge in [0.1, 0.15) is 23.2 Å². The minimum Gasteiger partial charge on any atom is -0.467 e. The van der Waals surface area contributed by atoms with E-state index in [0.29, 0.717) is 11.6 Å². The van der Waals surface area contributed by atoms with Crippen LogP contribution in [-0.4, -0.2) is 9.97 Å². The molecule has 2 aromatic heterocycles. The van der Waals surface area contributed by atoms with Crippen LogP contribution in [0.4, 0.5) is 11.6 Å². The summed E-state index contributed by atoms with van der Waals surface area (Å²) in [5.41, 5.74) is 3.45. The SMILES string of the molecule is Cc1nc(NN)c(C)c(NC(C)c2ccco2)n1. The molecular formula is C12H17N5O. The van der Waals surface area contributed by atoms with Crippen LogP contribution in [0.5, 0.6) is 0 Å². The fraction of sp³-hybridized carbons (Fsp3) is 0.333. The molecule has 0 amide bonds. The summed E-state index contributed by atoms with van der Waals surface area (Å²) in [5, 5.41) is 3.29. The van der Waals surface area contributed by atoms with E-state index >= 15 is 0 Å². The highest BCUT2D eigenvalue weighted by atomic mass is 16.3. The Hall–Kier alpha value is -2.08. The molecule has 0 aliphatic rings. The second kappa shape index (κ2) is 5.05. The average Bonchev–Trinajstić information content (AvgIpc) is 2.87. The first kappa shape index (κ1) is 12.4. The van der Waals surface area contributed by atoms with Gasteiger partial charge in [0.25, 0.3) is 0 Å². The van der Waals surface area contributed by atoms with Gasteiger partial charge in [0.15, 0.2) is 0 Å². The Balaban J connectivity index is 2.26. The van der Waals surface area contributed by atoms with E-state index in [1.165, 1.54) is 0 Å². The molecule has 6 nitrogen and oxygen atoms in total. The molecule has 0 fully saturated rings. The normalized spacial score (nSPS) is 12.2. The van der Waals surface area contributed by atoms with Gasteiger partial charge in [-0.3, -0.25) is 0 Å². The lowest BCUT2D eigenvalue weighted by Crippen LogP contribution is -2.15. The number of anilines is 2. The van der Waals surface area contributed by atoms with Crippen LogP contribution in [0.1, 0.15) is 30.1 Å². The summed E-state index contributed by atoms with van der Waals surface area (Å²) in [6.45, 7) is 5.74. The molecule has 1 unspecified atom stereocenters. The van der Waals surface area contributed by atoms with Crippen molar-refractivity contribution in [1.29, 1.82) is 0 Å². The summed E-state index contributed by atoms with van der Waals surface area (Å²) in [6.07, 6.45) is 1.65. The number of nitrogens with two attached hydrogens (primary N) is 1. The molecule has 2 heterocycles. The molecule has 0 aliphatic heterocycles. The molecule has 2 rings (SSSR count). The van der Waals surface area contributed by atoms with E-state index in [1.807, 2.05) is 32.9 Å². The lowest BCUT2D eigenvalue weighted by Gasteiger charge is -2.16. The van der Waals surface area contributed by atoms with Crippen molar-refractivity contribution in [2.45, 2.75) is 26.8 Å². The summed E-state index contributed by atoms with van der Waals surface area (Å²) in [4.78, 5) is 8.58. The summed E-state index contributed by atoms with van der Waals surface area (Å²) in [5.74, 6) is 8.31. The van der Waals surface area contributed by atoms with E-state index in [4.69, 9.17) is 10.3 Å². The molecule has 0 bridgehead atoms. The van der Waals surface area contributed by atoms with Crippen molar-refractivity contribution < 1.29 is 4.42 Å². The Labute approximate surface area is 106 Å². The summed E-state index contributed by atoms with van der Waals surface area (Å²) in [6, 6.07) is 3.81. The van der Waals surface area contributed by atoms with Gasteiger partial charge in [-0.05, 0) is 32.9 Å². The molecule has 0 aromatic carbocycles. The van der Waals surface area contributed by atoms with E-state index in [0.717, 1.165) is 17.1 Å². The quantitative estimate of drug-likeness (QED) is 0.566. The minimum absolute atomic E-state index is 0.0265. The van der Waals surface area contributed by atoms with Crippen molar-refractivity contribution in [3.63, 3.8) is 0 Å². The first-order chi connectivity index (χ1) is 8.61. The third kappa shape index (κ3) is 2.43. The maximum atomic E-state index is 5.43. The number of hydrogen-bond acceptors (Lipinski definition) is 6. The minimum atomic E-state index is 0.0265. The molecule has 18 heavy (non-hydrogen) atoms. The van der Waals surface area contributed by atoms with Crippen LogP contribution >= 0.6 is 0 Å². The highest BCUT2D eigenvalue weighted by Gasteiger charge is 2.13. The molecule has 0 saturated carbocycles. The molecule has 4 N–H and O–H groups in total. The molecule has 0 saturated heterocycles. The van der Waals surface area contributed by atoms with Gasteiger partial charge in [-0.2, -0.15) is 0 Å². The summed E-state index contributed by atoms with van der Waals surface area (Å²) < 4.78 is 5.35. The number of rotatable bonds is 4. The molecular weight excluding hydrogens is 230 g/mol. The van der Waals surface area contributed by atoms with Crippen molar-refractivity contribution >= 4 is 11.6 Å². The maximum Gasteiger partial charge on any atom is 0.148 e. The summed E-state index contributed by atoms with van der Waals surface area (Å²) >= 11 is 0. The highest BCUT2D eigenvalue weighted by molar-refractivity contribution is 5.57. The van der Waals surface area contributed by atoms with E-state index in [-0.39, 0.29) is 6.04 Å². The molecule has 6 heteroatoms. The van der Waals surface area contributed by atoms with E-state index in [1.54, 1.807) is 6.26 Å². The van der Waals surface area contributed by atoms with Gasteiger partial charge >= 0.3 is 0 Å². The predicted octanol–water partition coefficient (Wildman–Crippen LogP) is 2.15. The van der Waals surface area contributed by atoms with Crippen molar-refractivity contribution in [2.24, 2.45) is 5.84 Å². The van der Waals surface area contributed by atoms with Crippen LogP contribution in [0.25, 0.3) is 0 Å². The monoisotopic (exact) mass is 247 g/mol. The van der Waals surface area contributed by atoms with Crippen LogP contribution < -0.4 is 16.6 Å². The van der Waals surface area contributed by atoms with E-state index in [9.17, 15) is 0 Å². The van der Waals surface area contributed by atoms with E-state index in [2.05, 4.69) is 20.7 Å². The highest BCUT2D eigenvalue weighted by Crippen LogP contribution is 2.24. The Morgan fingerprint density at radius 1 is 1.28 bits per heavy atom.